The minimum Gasteiger partial charge on any atom is -0.497 e. The standard InChI is InChI=1S/C16H22N4O2/c1-4-8-20-16(17-11-18-20)12(2)19-15(21)10-13-6-5-7-14(9-13)22-3/h5-7,9,11-12H,4,8,10H2,1-3H3,(H,19,21). The first-order valence-corrected chi connectivity index (χ1v) is 7.44. The Balaban J connectivity index is 1.97. The molecule has 1 aromatic heterocycles. The summed E-state index contributed by atoms with van der Waals surface area (Å²) in [6.07, 6.45) is 2.81. The van der Waals surface area contributed by atoms with Crippen LogP contribution in [0.15, 0.2) is 30.6 Å². The van der Waals surface area contributed by atoms with E-state index in [-0.39, 0.29) is 11.9 Å². The second kappa shape index (κ2) is 7.59. The number of hydrogen-bond acceptors (Lipinski definition) is 4. The molecule has 0 saturated carbocycles. The van der Waals surface area contributed by atoms with Crippen LogP contribution in [0.1, 0.15) is 37.7 Å². The fraction of sp³-hybridized carbons (Fsp3) is 0.438. The Kier molecular flexibility index (Phi) is 5.52. The van der Waals surface area contributed by atoms with Crippen molar-refractivity contribution in [2.45, 2.75) is 39.3 Å². The van der Waals surface area contributed by atoms with E-state index in [1.165, 1.54) is 6.33 Å². The topological polar surface area (TPSA) is 69.0 Å². The summed E-state index contributed by atoms with van der Waals surface area (Å²) in [5.74, 6) is 1.48. The molecule has 0 aliphatic rings. The first kappa shape index (κ1) is 16.0. The highest BCUT2D eigenvalue weighted by Gasteiger charge is 2.15. The highest BCUT2D eigenvalue weighted by Crippen LogP contribution is 2.14. The zero-order valence-electron chi connectivity index (χ0n) is 13.2. The minimum atomic E-state index is -0.174. The molecule has 22 heavy (non-hydrogen) atoms. The number of amides is 1. The number of aryl methyl sites for hydroxylation is 1. The molecule has 0 bridgehead atoms. The quantitative estimate of drug-likeness (QED) is 0.850. The SMILES string of the molecule is CCCn1ncnc1C(C)NC(=O)Cc1cccc(OC)c1. The van der Waals surface area contributed by atoms with Crippen molar-refractivity contribution < 1.29 is 9.53 Å². The first-order valence-electron chi connectivity index (χ1n) is 7.44. The number of carbonyl (C=O) groups excluding carboxylic acids is 1. The predicted molar refractivity (Wildman–Crippen MR) is 83.6 cm³/mol. The molecule has 0 radical (unpaired) electrons. The number of carbonyl (C=O) groups is 1. The molecule has 1 heterocycles. The van der Waals surface area contributed by atoms with Gasteiger partial charge in [-0.2, -0.15) is 5.10 Å². The van der Waals surface area contributed by atoms with E-state index in [1.807, 2.05) is 35.9 Å². The van der Waals surface area contributed by atoms with Gasteiger partial charge < -0.3 is 10.1 Å². The van der Waals surface area contributed by atoms with Gasteiger partial charge in [0, 0.05) is 6.54 Å². The van der Waals surface area contributed by atoms with Crippen molar-refractivity contribution in [3.63, 3.8) is 0 Å². The number of aromatic nitrogens is 3. The molecule has 0 saturated heterocycles. The van der Waals surface area contributed by atoms with Crippen LogP contribution < -0.4 is 10.1 Å². The Labute approximate surface area is 130 Å². The van der Waals surface area contributed by atoms with Gasteiger partial charge in [-0.1, -0.05) is 19.1 Å². The number of nitrogens with zero attached hydrogens (tertiary/aromatic N) is 3. The molecule has 0 aliphatic carbocycles. The molecule has 1 atom stereocenters. The maximum atomic E-state index is 12.2. The van der Waals surface area contributed by atoms with Crippen molar-refractivity contribution in [3.8, 4) is 5.75 Å². The van der Waals surface area contributed by atoms with E-state index < -0.39 is 0 Å². The third-order valence-electron chi connectivity index (χ3n) is 3.34. The lowest BCUT2D eigenvalue weighted by Crippen LogP contribution is -2.30. The van der Waals surface area contributed by atoms with Crippen LogP contribution >= 0.6 is 0 Å². The second-order valence-electron chi connectivity index (χ2n) is 5.16. The van der Waals surface area contributed by atoms with Crippen LogP contribution in [0.25, 0.3) is 0 Å². The first-order chi connectivity index (χ1) is 10.6. The van der Waals surface area contributed by atoms with Gasteiger partial charge >= 0.3 is 0 Å². The Morgan fingerprint density at radius 2 is 2.27 bits per heavy atom. The fourth-order valence-electron chi connectivity index (χ4n) is 2.32. The van der Waals surface area contributed by atoms with Gasteiger partial charge in [0.15, 0.2) is 0 Å². The average molecular weight is 302 g/mol. The van der Waals surface area contributed by atoms with E-state index in [1.54, 1.807) is 7.11 Å². The van der Waals surface area contributed by atoms with Crippen molar-refractivity contribution in [1.82, 2.24) is 20.1 Å². The minimum absolute atomic E-state index is 0.0493. The third-order valence-corrected chi connectivity index (χ3v) is 3.34. The van der Waals surface area contributed by atoms with Gasteiger partial charge in [0.25, 0.3) is 0 Å². The van der Waals surface area contributed by atoms with Crippen LogP contribution in [-0.4, -0.2) is 27.8 Å². The van der Waals surface area contributed by atoms with Gasteiger partial charge in [-0.05, 0) is 31.0 Å². The predicted octanol–water partition coefficient (Wildman–Crippen LogP) is 2.12. The van der Waals surface area contributed by atoms with Crippen LogP contribution in [0.5, 0.6) is 5.75 Å². The van der Waals surface area contributed by atoms with Gasteiger partial charge in [0.05, 0.1) is 19.6 Å². The molecule has 118 valence electrons. The summed E-state index contributed by atoms with van der Waals surface area (Å²) in [6, 6.07) is 7.34. The lowest BCUT2D eigenvalue weighted by atomic mass is 10.1. The summed E-state index contributed by atoms with van der Waals surface area (Å²) in [5.41, 5.74) is 0.916. The van der Waals surface area contributed by atoms with E-state index in [2.05, 4.69) is 22.3 Å². The number of hydrogen-bond donors (Lipinski definition) is 1. The van der Waals surface area contributed by atoms with E-state index in [0.717, 1.165) is 30.1 Å². The van der Waals surface area contributed by atoms with Crippen LogP contribution in [0.3, 0.4) is 0 Å². The molecular formula is C16H22N4O2. The Morgan fingerprint density at radius 1 is 1.45 bits per heavy atom. The van der Waals surface area contributed by atoms with Crippen LogP contribution in [0.4, 0.5) is 0 Å². The zero-order valence-corrected chi connectivity index (χ0v) is 13.2. The van der Waals surface area contributed by atoms with Crippen LogP contribution in [0, 0.1) is 0 Å². The summed E-state index contributed by atoms with van der Waals surface area (Å²) in [7, 11) is 1.61. The Bertz CT molecular complexity index is 624. The molecule has 2 aromatic rings. The fourth-order valence-corrected chi connectivity index (χ4v) is 2.32. The molecule has 0 fully saturated rings. The number of benzene rings is 1. The molecule has 2 rings (SSSR count). The van der Waals surface area contributed by atoms with Crippen LogP contribution in [-0.2, 0) is 17.8 Å². The number of rotatable bonds is 7. The lowest BCUT2D eigenvalue weighted by molar-refractivity contribution is -0.121. The maximum absolute atomic E-state index is 12.2. The molecule has 0 spiro atoms. The lowest BCUT2D eigenvalue weighted by Gasteiger charge is -2.14. The monoisotopic (exact) mass is 302 g/mol. The van der Waals surface area contributed by atoms with Gasteiger partial charge in [-0.15, -0.1) is 0 Å². The summed E-state index contributed by atoms with van der Waals surface area (Å²) in [4.78, 5) is 16.4. The van der Waals surface area contributed by atoms with Gasteiger partial charge in [0.1, 0.15) is 17.9 Å². The number of nitrogens with one attached hydrogen (secondary N) is 1. The highest BCUT2D eigenvalue weighted by molar-refractivity contribution is 5.79. The van der Waals surface area contributed by atoms with Crippen molar-refractivity contribution in [2.75, 3.05) is 7.11 Å². The maximum Gasteiger partial charge on any atom is 0.225 e. The third kappa shape index (κ3) is 4.07. The zero-order chi connectivity index (χ0) is 15.9. The summed E-state index contributed by atoms with van der Waals surface area (Å²) >= 11 is 0. The van der Waals surface area contributed by atoms with E-state index >= 15 is 0 Å². The molecule has 1 N–H and O–H groups in total. The number of methoxy groups -OCH3 is 1. The molecule has 1 aromatic carbocycles. The molecule has 6 nitrogen and oxygen atoms in total. The summed E-state index contributed by atoms with van der Waals surface area (Å²) < 4.78 is 7.00. The van der Waals surface area contributed by atoms with Crippen molar-refractivity contribution in [2.24, 2.45) is 0 Å². The summed E-state index contributed by atoms with van der Waals surface area (Å²) in [6.45, 7) is 4.79. The van der Waals surface area contributed by atoms with Crippen molar-refractivity contribution in [3.05, 3.63) is 42.0 Å². The van der Waals surface area contributed by atoms with E-state index in [4.69, 9.17) is 4.74 Å². The Morgan fingerprint density at radius 3 is 3.00 bits per heavy atom. The van der Waals surface area contributed by atoms with Gasteiger partial charge in [-0.3, -0.25) is 4.79 Å². The van der Waals surface area contributed by atoms with Crippen molar-refractivity contribution >= 4 is 5.91 Å². The van der Waals surface area contributed by atoms with E-state index in [0.29, 0.717) is 6.42 Å². The molecule has 1 unspecified atom stereocenters. The largest absolute Gasteiger partial charge is 0.497 e. The molecule has 6 heteroatoms. The number of ether oxygens (including phenoxy) is 1. The highest BCUT2D eigenvalue weighted by atomic mass is 16.5. The van der Waals surface area contributed by atoms with Crippen LogP contribution in [0.2, 0.25) is 0 Å². The smallest absolute Gasteiger partial charge is 0.225 e. The Hall–Kier alpha value is -2.37. The van der Waals surface area contributed by atoms with Gasteiger partial charge in [-0.25, -0.2) is 9.67 Å². The molecule has 0 aliphatic heterocycles. The van der Waals surface area contributed by atoms with Crippen molar-refractivity contribution in [1.29, 1.82) is 0 Å². The van der Waals surface area contributed by atoms with Gasteiger partial charge in [0.2, 0.25) is 5.91 Å². The molecule has 1 amide bonds. The van der Waals surface area contributed by atoms with E-state index in [9.17, 15) is 4.79 Å². The molecular weight excluding hydrogens is 280 g/mol. The second-order valence-corrected chi connectivity index (χ2v) is 5.16. The normalized spacial score (nSPS) is 12.0. The summed E-state index contributed by atoms with van der Waals surface area (Å²) in [5, 5.41) is 7.14. The average Bonchev–Trinajstić information content (AvgIpc) is 2.96.